The van der Waals surface area contributed by atoms with Gasteiger partial charge in [-0.1, -0.05) is 19.3 Å². The normalized spacial score (nSPS) is 22.0. The first kappa shape index (κ1) is 16.5. The Morgan fingerprint density at radius 2 is 2.04 bits per heavy atom. The lowest BCUT2D eigenvalue weighted by Crippen LogP contribution is -2.59. The topological polar surface area (TPSA) is 59.4 Å². The van der Waals surface area contributed by atoms with Crippen molar-refractivity contribution in [2.45, 2.75) is 51.1 Å². The average Bonchev–Trinajstić information content (AvgIpc) is 2.99. The number of imidazole rings is 1. The second kappa shape index (κ2) is 7.45. The summed E-state index contributed by atoms with van der Waals surface area (Å²) in [5.41, 5.74) is 0.127. The fraction of sp³-hybridized carbons (Fsp3) is 0.765. The van der Waals surface area contributed by atoms with E-state index in [1.165, 1.54) is 32.1 Å². The zero-order valence-electron chi connectivity index (χ0n) is 14.1. The Kier molecular flexibility index (Phi) is 5.33. The number of amides is 1. The third-order valence-electron chi connectivity index (χ3n) is 5.32. The van der Waals surface area contributed by atoms with Crippen molar-refractivity contribution in [3.8, 4) is 0 Å². The van der Waals surface area contributed by atoms with Gasteiger partial charge >= 0.3 is 0 Å². The van der Waals surface area contributed by atoms with Gasteiger partial charge in [-0.25, -0.2) is 4.98 Å². The molecule has 2 heterocycles. The number of carbonyl (C=O) groups is 1. The number of nitrogens with one attached hydrogen (secondary N) is 1. The number of ether oxygens (including phenoxy) is 1. The van der Waals surface area contributed by atoms with Crippen molar-refractivity contribution in [2.75, 3.05) is 32.8 Å². The lowest BCUT2D eigenvalue weighted by atomic mass is 9.79. The average molecular weight is 320 g/mol. The SMILES string of the molecule is Cc1nccn1CC(=O)NCC1(N2CCOCC2)CCCCC1. The van der Waals surface area contributed by atoms with Crippen molar-refractivity contribution in [3.63, 3.8) is 0 Å². The highest BCUT2D eigenvalue weighted by Crippen LogP contribution is 2.33. The number of carbonyl (C=O) groups excluding carboxylic acids is 1. The number of hydrogen-bond acceptors (Lipinski definition) is 4. The van der Waals surface area contributed by atoms with Crippen molar-refractivity contribution in [3.05, 3.63) is 18.2 Å². The molecule has 1 saturated carbocycles. The molecule has 6 heteroatoms. The molecule has 1 saturated heterocycles. The van der Waals surface area contributed by atoms with E-state index in [4.69, 9.17) is 4.74 Å². The first-order chi connectivity index (χ1) is 11.2. The van der Waals surface area contributed by atoms with Crippen LogP contribution in [-0.4, -0.2) is 58.7 Å². The van der Waals surface area contributed by atoms with Gasteiger partial charge in [-0.2, -0.15) is 0 Å². The minimum atomic E-state index is 0.0734. The molecule has 1 aromatic heterocycles. The van der Waals surface area contributed by atoms with Gasteiger partial charge in [0.05, 0.1) is 13.2 Å². The van der Waals surface area contributed by atoms with Gasteiger partial charge in [0.15, 0.2) is 0 Å². The van der Waals surface area contributed by atoms with E-state index in [-0.39, 0.29) is 11.4 Å². The molecule has 3 rings (SSSR count). The maximum atomic E-state index is 12.3. The van der Waals surface area contributed by atoms with Crippen LogP contribution in [0.2, 0.25) is 0 Å². The fourth-order valence-corrected chi connectivity index (χ4v) is 3.90. The van der Waals surface area contributed by atoms with E-state index in [9.17, 15) is 4.79 Å². The van der Waals surface area contributed by atoms with E-state index in [2.05, 4.69) is 15.2 Å². The van der Waals surface area contributed by atoms with Gasteiger partial charge in [-0.3, -0.25) is 9.69 Å². The quantitative estimate of drug-likeness (QED) is 0.889. The molecule has 1 aliphatic carbocycles. The summed E-state index contributed by atoms with van der Waals surface area (Å²) in [6.45, 7) is 6.61. The second-order valence-electron chi connectivity index (χ2n) is 6.76. The molecule has 2 fully saturated rings. The third kappa shape index (κ3) is 3.93. The highest BCUT2D eigenvalue weighted by atomic mass is 16.5. The molecule has 1 amide bonds. The number of nitrogens with zero attached hydrogens (tertiary/aromatic N) is 3. The molecule has 6 nitrogen and oxygen atoms in total. The van der Waals surface area contributed by atoms with Crippen LogP contribution in [0.4, 0.5) is 0 Å². The van der Waals surface area contributed by atoms with Gasteiger partial charge in [-0.15, -0.1) is 0 Å². The fourth-order valence-electron chi connectivity index (χ4n) is 3.90. The number of aryl methyl sites for hydroxylation is 1. The Bertz CT molecular complexity index is 516. The predicted octanol–water partition coefficient (Wildman–Crippen LogP) is 1.34. The molecule has 128 valence electrons. The van der Waals surface area contributed by atoms with Crippen molar-refractivity contribution in [1.82, 2.24) is 19.8 Å². The van der Waals surface area contributed by atoms with Gasteiger partial charge in [0, 0.05) is 37.6 Å². The summed E-state index contributed by atoms with van der Waals surface area (Å²) in [6, 6.07) is 0. The number of aromatic nitrogens is 2. The Balaban J connectivity index is 1.59. The minimum absolute atomic E-state index is 0.0734. The molecule has 0 bridgehead atoms. The van der Waals surface area contributed by atoms with Crippen molar-refractivity contribution in [2.24, 2.45) is 0 Å². The van der Waals surface area contributed by atoms with E-state index in [0.717, 1.165) is 38.7 Å². The first-order valence-corrected chi connectivity index (χ1v) is 8.77. The minimum Gasteiger partial charge on any atom is -0.379 e. The standard InChI is InChI=1S/C17H28N4O2/c1-15-18-7-8-20(15)13-16(22)19-14-17(5-3-2-4-6-17)21-9-11-23-12-10-21/h7-8H,2-6,9-14H2,1H3,(H,19,22). The van der Waals surface area contributed by atoms with E-state index in [1.54, 1.807) is 6.20 Å². The molecule has 0 radical (unpaired) electrons. The molecule has 0 unspecified atom stereocenters. The summed E-state index contributed by atoms with van der Waals surface area (Å²) in [5, 5.41) is 3.19. The van der Waals surface area contributed by atoms with Crippen LogP contribution in [-0.2, 0) is 16.1 Å². The monoisotopic (exact) mass is 320 g/mol. The summed E-state index contributed by atoms with van der Waals surface area (Å²) >= 11 is 0. The predicted molar refractivity (Wildman–Crippen MR) is 88.2 cm³/mol. The second-order valence-corrected chi connectivity index (χ2v) is 6.76. The lowest BCUT2D eigenvalue weighted by Gasteiger charge is -2.48. The Labute approximate surface area is 138 Å². The van der Waals surface area contributed by atoms with Gasteiger partial charge in [-0.05, 0) is 19.8 Å². The van der Waals surface area contributed by atoms with Crippen LogP contribution in [0.5, 0.6) is 0 Å². The van der Waals surface area contributed by atoms with E-state index >= 15 is 0 Å². The summed E-state index contributed by atoms with van der Waals surface area (Å²) in [4.78, 5) is 19.0. The van der Waals surface area contributed by atoms with Crippen LogP contribution in [0.15, 0.2) is 12.4 Å². The Hall–Kier alpha value is -1.40. The Morgan fingerprint density at radius 1 is 1.30 bits per heavy atom. The Morgan fingerprint density at radius 3 is 2.70 bits per heavy atom. The summed E-state index contributed by atoms with van der Waals surface area (Å²) in [7, 11) is 0. The lowest BCUT2D eigenvalue weighted by molar-refractivity contribution is -0.123. The molecular formula is C17H28N4O2. The third-order valence-corrected chi connectivity index (χ3v) is 5.32. The maximum Gasteiger partial charge on any atom is 0.240 e. The number of morpholine rings is 1. The molecule has 1 N–H and O–H groups in total. The van der Waals surface area contributed by atoms with Gasteiger partial charge in [0.25, 0.3) is 0 Å². The number of rotatable bonds is 5. The molecule has 2 aliphatic rings. The van der Waals surface area contributed by atoms with Gasteiger partial charge < -0.3 is 14.6 Å². The maximum absolute atomic E-state index is 12.3. The van der Waals surface area contributed by atoms with Gasteiger partial charge in [0.1, 0.15) is 12.4 Å². The zero-order valence-corrected chi connectivity index (χ0v) is 14.1. The van der Waals surface area contributed by atoms with E-state index in [1.807, 2.05) is 17.7 Å². The highest BCUT2D eigenvalue weighted by Gasteiger charge is 2.38. The smallest absolute Gasteiger partial charge is 0.240 e. The molecular weight excluding hydrogens is 292 g/mol. The molecule has 0 spiro atoms. The van der Waals surface area contributed by atoms with Gasteiger partial charge in [0.2, 0.25) is 5.91 Å². The summed E-state index contributed by atoms with van der Waals surface area (Å²) in [5.74, 6) is 0.949. The van der Waals surface area contributed by atoms with Crippen LogP contribution < -0.4 is 5.32 Å². The molecule has 1 aliphatic heterocycles. The van der Waals surface area contributed by atoms with Crippen molar-refractivity contribution < 1.29 is 9.53 Å². The summed E-state index contributed by atoms with van der Waals surface area (Å²) < 4.78 is 7.39. The molecule has 0 atom stereocenters. The van der Waals surface area contributed by atoms with Crippen LogP contribution in [0.25, 0.3) is 0 Å². The number of hydrogen-bond donors (Lipinski definition) is 1. The van der Waals surface area contributed by atoms with Crippen molar-refractivity contribution >= 4 is 5.91 Å². The van der Waals surface area contributed by atoms with Crippen LogP contribution in [0, 0.1) is 6.92 Å². The zero-order chi connectivity index (χ0) is 16.1. The van der Waals surface area contributed by atoms with Crippen LogP contribution in [0.1, 0.15) is 37.9 Å². The molecule has 23 heavy (non-hydrogen) atoms. The van der Waals surface area contributed by atoms with E-state index < -0.39 is 0 Å². The molecule has 1 aromatic rings. The highest BCUT2D eigenvalue weighted by molar-refractivity contribution is 5.75. The molecule has 0 aromatic carbocycles. The van der Waals surface area contributed by atoms with Crippen molar-refractivity contribution in [1.29, 1.82) is 0 Å². The van der Waals surface area contributed by atoms with E-state index in [0.29, 0.717) is 6.54 Å². The summed E-state index contributed by atoms with van der Waals surface area (Å²) in [6.07, 6.45) is 9.77. The van der Waals surface area contributed by atoms with Crippen LogP contribution in [0.3, 0.4) is 0 Å². The van der Waals surface area contributed by atoms with Crippen LogP contribution >= 0.6 is 0 Å². The first-order valence-electron chi connectivity index (χ1n) is 8.77. The largest absolute Gasteiger partial charge is 0.379 e.